The maximum Gasteiger partial charge on any atom is 0.337 e. The van der Waals surface area contributed by atoms with Crippen LogP contribution in [0.5, 0.6) is 0 Å². The number of carbonyl (C=O) groups is 4. The summed E-state index contributed by atoms with van der Waals surface area (Å²) in [5, 5.41) is 7.58. The van der Waals surface area contributed by atoms with Crippen LogP contribution in [0.2, 0.25) is 0 Å². The van der Waals surface area contributed by atoms with Crippen molar-refractivity contribution in [3.8, 4) is 0 Å². The fourth-order valence-electron chi connectivity index (χ4n) is 2.52. The summed E-state index contributed by atoms with van der Waals surface area (Å²) < 4.78 is 4.98. The number of nitrogens with one attached hydrogen (secondary N) is 3. The molecular weight excluding hydrogens is 304 g/mol. The first-order valence-electron chi connectivity index (χ1n) is 7.29. The second-order valence-corrected chi connectivity index (χ2v) is 5.88. The third-order valence-electron chi connectivity index (χ3n) is 3.63. The molecule has 3 N–H and O–H groups in total. The highest BCUT2D eigenvalue weighted by Crippen LogP contribution is 2.21. The molecule has 9 heteroatoms. The fourth-order valence-corrected chi connectivity index (χ4v) is 2.52. The van der Waals surface area contributed by atoms with E-state index < -0.39 is 35.5 Å². The Morgan fingerprint density at radius 3 is 2.48 bits per heavy atom. The van der Waals surface area contributed by atoms with Crippen molar-refractivity contribution < 1.29 is 23.9 Å². The van der Waals surface area contributed by atoms with Gasteiger partial charge in [-0.3, -0.25) is 9.69 Å². The Hall–Kier alpha value is -2.58. The van der Waals surface area contributed by atoms with E-state index in [1.807, 2.05) is 0 Å². The molecule has 0 bridgehead atoms. The standard InChI is InChI=1S/C14H20N4O5/c1-5-23-10(19)9-7(2)15-12(21)16-8(9)6-18-11(20)14(3,4)17-13(18)22/h7H,5-6H2,1-4H3,(H,17,22)(H2,15,16,21)/t7-/m1/s1. The van der Waals surface area contributed by atoms with E-state index in [4.69, 9.17) is 4.74 Å². The number of imide groups is 1. The van der Waals surface area contributed by atoms with Gasteiger partial charge in [-0.25, -0.2) is 14.4 Å². The van der Waals surface area contributed by atoms with Crippen molar-refractivity contribution in [2.75, 3.05) is 13.2 Å². The Bertz CT molecular complexity index is 610. The second-order valence-electron chi connectivity index (χ2n) is 5.88. The lowest BCUT2D eigenvalue weighted by atomic mass is 10.0. The summed E-state index contributed by atoms with van der Waals surface area (Å²) in [6, 6.07) is -1.67. The average Bonchev–Trinajstić information content (AvgIpc) is 2.60. The number of hydrogen-bond donors (Lipinski definition) is 3. The van der Waals surface area contributed by atoms with E-state index in [0.717, 1.165) is 4.90 Å². The van der Waals surface area contributed by atoms with Crippen molar-refractivity contribution in [2.24, 2.45) is 0 Å². The van der Waals surface area contributed by atoms with Gasteiger partial charge in [-0.2, -0.15) is 0 Å². The van der Waals surface area contributed by atoms with Gasteiger partial charge in [0.05, 0.1) is 30.5 Å². The van der Waals surface area contributed by atoms with Crippen LogP contribution in [0, 0.1) is 0 Å². The molecule has 0 aliphatic carbocycles. The van der Waals surface area contributed by atoms with Gasteiger partial charge in [0.15, 0.2) is 0 Å². The van der Waals surface area contributed by atoms with Gasteiger partial charge < -0.3 is 20.7 Å². The van der Waals surface area contributed by atoms with Crippen LogP contribution >= 0.6 is 0 Å². The van der Waals surface area contributed by atoms with Crippen molar-refractivity contribution >= 4 is 23.9 Å². The van der Waals surface area contributed by atoms with Gasteiger partial charge in [0.25, 0.3) is 5.91 Å². The zero-order valence-corrected chi connectivity index (χ0v) is 13.5. The zero-order chi connectivity index (χ0) is 17.4. The first-order chi connectivity index (χ1) is 10.7. The molecule has 2 heterocycles. The Morgan fingerprint density at radius 1 is 1.30 bits per heavy atom. The van der Waals surface area contributed by atoms with E-state index >= 15 is 0 Å². The van der Waals surface area contributed by atoms with E-state index in [1.165, 1.54) is 0 Å². The molecule has 0 unspecified atom stereocenters. The molecule has 5 amide bonds. The van der Waals surface area contributed by atoms with E-state index in [9.17, 15) is 19.2 Å². The molecule has 1 saturated heterocycles. The summed E-state index contributed by atoms with van der Waals surface area (Å²) in [5.74, 6) is -1.03. The van der Waals surface area contributed by atoms with Crippen LogP contribution in [0.15, 0.2) is 11.3 Å². The van der Waals surface area contributed by atoms with E-state index in [-0.39, 0.29) is 24.4 Å². The first kappa shape index (κ1) is 16.8. The molecule has 0 radical (unpaired) electrons. The van der Waals surface area contributed by atoms with Crippen molar-refractivity contribution in [2.45, 2.75) is 39.3 Å². The molecule has 1 fully saturated rings. The molecule has 0 aromatic rings. The molecule has 2 aliphatic heterocycles. The van der Waals surface area contributed by atoms with Crippen molar-refractivity contribution in [3.05, 3.63) is 11.3 Å². The lowest BCUT2D eigenvalue weighted by Gasteiger charge is -2.28. The van der Waals surface area contributed by atoms with Crippen LogP contribution in [0.3, 0.4) is 0 Å². The summed E-state index contributed by atoms with van der Waals surface area (Å²) in [7, 11) is 0. The highest BCUT2D eigenvalue weighted by atomic mass is 16.5. The first-order valence-corrected chi connectivity index (χ1v) is 7.29. The number of ether oxygens (including phenoxy) is 1. The van der Waals surface area contributed by atoms with Crippen molar-refractivity contribution in [1.82, 2.24) is 20.9 Å². The smallest absolute Gasteiger partial charge is 0.337 e. The normalized spacial score (nSPS) is 23.4. The fraction of sp³-hybridized carbons (Fsp3) is 0.571. The minimum Gasteiger partial charge on any atom is -0.463 e. The third-order valence-corrected chi connectivity index (χ3v) is 3.63. The molecule has 0 aromatic carbocycles. The Labute approximate surface area is 133 Å². The number of nitrogens with zero attached hydrogens (tertiary/aromatic N) is 1. The summed E-state index contributed by atoms with van der Waals surface area (Å²) in [6.45, 7) is 6.42. The predicted molar refractivity (Wildman–Crippen MR) is 79.1 cm³/mol. The molecular formula is C14H20N4O5. The van der Waals surface area contributed by atoms with Gasteiger partial charge in [0.2, 0.25) is 0 Å². The summed E-state index contributed by atoms with van der Waals surface area (Å²) in [6.07, 6.45) is 0. The van der Waals surface area contributed by atoms with Gasteiger partial charge in [-0.05, 0) is 27.7 Å². The van der Waals surface area contributed by atoms with Gasteiger partial charge in [0, 0.05) is 0 Å². The van der Waals surface area contributed by atoms with Crippen LogP contribution in [0.4, 0.5) is 9.59 Å². The van der Waals surface area contributed by atoms with Crippen molar-refractivity contribution in [3.63, 3.8) is 0 Å². The largest absolute Gasteiger partial charge is 0.463 e. The maximum absolute atomic E-state index is 12.3. The van der Waals surface area contributed by atoms with Gasteiger partial charge in [-0.1, -0.05) is 0 Å². The monoisotopic (exact) mass is 324 g/mol. The predicted octanol–water partition coefficient (Wildman–Crippen LogP) is -0.165. The number of carbonyl (C=O) groups excluding carboxylic acids is 4. The average molecular weight is 324 g/mol. The Kier molecular flexibility index (Phi) is 4.31. The number of esters is 1. The van der Waals surface area contributed by atoms with Gasteiger partial charge in [0.1, 0.15) is 5.54 Å². The van der Waals surface area contributed by atoms with Crippen LogP contribution in [-0.2, 0) is 14.3 Å². The molecule has 1 atom stereocenters. The molecule has 9 nitrogen and oxygen atoms in total. The summed E-state index contributed by atoms with van der Waals surface area (Å²) in [5.41, 5.74) is -0.651. The minimum absolute atomic E-state index is 0.173. The highest BCUT2D eigenvalue weighted by molar-refractivity contribution is 6.07. The second kappa shape index (κ2) is 5.90. The minimum atomic E-state index is -1.02. The van der Waals surface area contributed by atoms with E-state index in [0.29, 0.717) is 0 Å². The topological polar surface area (TPSA) is 117 Å². The van der Waals surface area contributed by atoms with Crippen LogP contribution in [0.25, 0.3) is 0 Å². The summed E-state index contributed by atoms with van der Waals surface area (Å²) >= 11 is 0. The van der Waals surface area contributed by atoms with E-state index in [2.05, 4.69) is 16.0 Å². The van der Waals surface area contributed by atoms with Crippen molar-refractivity contribution in [1.29, 1.82) is 0 Å². The molecule has 126 valence electrons. The van der Waals surface area contributed by atoms with E-state index in [1.54, 1.807) is 27.7 Å². The molecule has 0 aromatic heterocycles. The Morgan fingerprint density at radius 2 is 1.96 bits per heavy atom. The molecule has 23 heavy (non-hydrogen) atoms. The van der Waals surface area contributed by atoms with Crippen LogP contribution < -0.4 is 16.0 Å². The van der Waals surface area contributed by atoms with Gasteiger partial charge in [-0.15, -0.1) is 0 Å². The zero-order valence-electron chi connectivity index (χ0n) is 13.5. The number of urea groups is 2. The number of amides is 5. The quantitative estimate of drug-likeness (QED) is 0.490. The number of hydrogen-bond acceptors (Lipinski definition) is 5. The third kappa shape index (κ3) is 3.13. The van der Waals surface area contributed by atoms with Gasteiger partial charge >= 0.3 is 18.0 Å². The van der Waals surface area contributed by atoms with Crippen LogP contribution in [-0.4, -0.2) is 53.6 Å². The lowest BCUT2D eigenvalue weighted by molar-refractivity contribution is -0.139. The highest BCUT2D eigenvalue weighted by Gasteiger charge is 2.45. The molecule has 0 saturated carbocycles. The molecule has 0 spiro atoms. The van der Waals surface area contributed by atoms with Crippen LogP contribution in [0.1, 0.15) is 27.7 Å². The molecule has 2 rings (SSSR count). The summed E-state index contributed by atoms with van der Waals surface area (Å²) in [4.78, 5) is 49.0. The SMILES string of the molecule is CCOC(=O)C1=C(CN2C(=O)NC(C)(C)C2=O)NC(=O)N[C@@H]1C. The number of rotatable bonds is 4. The maximum atomic E-state index is 12.3. The Balaban J connectivity index is 2.34. The molecule has 2 aliphatic rings. The lowest BCUT2D eigenvalue weighted by Crippen LogP contribution is -2.52.